The van der Waals surface area contributed by atoms with Gasteiger partial charge in [0.15, 0.2) is 0 Å². The molecular weight excluding hydrogens is 174 g/mol. The molecule has 2 nitrogen and oxygen atoms in total. The lowest BCUT2D eigenvalue weighted by Gasteiger charge is -2.18. The van der Waals surface area contributed by atoms with E-state index in [9.17, 15) is 0 Å². The Kier molecular flexibility index (Phi) is 5.49. The first kappa shape index (κ1) is 12.0. The summed E-state index contributed by atoms with van der Waals surface area (Å²) in [5.74, 6) is 0. The Balaban J connectivity index is 2.12. The molecule has 0 spiro atoms. The predicted molar refractivity (Wildman–Crippen MR) is 60.6 cm³/mol. The van der Waals surface area contributed by atoms with Crippen molar-refractivity contribution >= 4 is 0 Å². The minimum Gasteiger partial charge on any atom is -0.375 e. The lowest BCUT2D eigenvalue weighted by Crippen LogP contribution is -2.29. The molecule has 0 aromatic rings. The molecule has 0 aromatic carbocycles. The van der Waals surface area contributed by atoms with Crippen molar-refractivity contribution in [3.8, 4) is 0 Å². The van der Waals surface area contributed by atoms with Crippen molar-refractivity contribution in [3.05, 3.63) is 0 Å². The maximum absolute atomic E-state index is 5.81. The molecule has 84 valence electrons. The fourth-order valence-electron chi connectivity index (χ4n) is 2.22. The fourth-order valence-corrected chi connectivity index (χ4v) is 2.22. The van der Waals surface area contributed by atoms with Crippen LogP contribution in [0.2, 0.25) is 0 Å². The van der Waals surface area contributed by atoms with Crippen molar-refractivity contribution in [2.45, 2.75) is 71.1 Å². The first-order chi connectivity index (χ1) is 6.76. The van der Waals surface area contributed by atoms with Gasteiger partial charge in [-0.05, 0) is 45.6 Å². The summed E-state index contributed by atoms with van der Waals surface area (Å²) in [6.07, 6.45) is 7.29. The molecule has 3 atom stereocenters. The zero-order valence-corrected chi connectivity index (χ0v) is 9.88. The van der Waals surface area contributed by atoms with Crippen LogP contribution in [-0.4, -0.2) is 24.8 Å². The molecule has 0 bridgehead atoms. The molecule has 1 N–H and O–H groups in total. The van der Waals surface area contributed by atoms with Crippen LogP contribution >= 0.6 is 0 Å². The third-order valence-corrected chi connectivity index (χ3v) is 3.14. The van der Waals surface area contributed by atoms with E-state index in [2.05, 4.69) is 26.1 Å². The van der Waals surface area contributed by atoms with E-state index in [0.717, 1.165) is 6.54 Å². The average Bonchev–Trinajstić information content (AvgIpc) is 2.59. The Hall–Kier alpha value is -0.0800. The van der Waals surface area contributed by atoms with Gasteiger partial charge in [-0.25, -0.2) is 0 Å². The lowest BCUT2D eigenvalue weighted by atomic mass is 10.0. The second kappa shape index (κ2) is 6.41. The van der Waals surface area contributed by atoms with Gasteiger partial charge in [0.2, 0.25) is 0 Å². The smallest absolute Gasteiger partial charge is 0.0580 e. The first-order valence-corrected chi connectivity index (χ1v) is 6.15. The SMILES string of the molecule is CCNC(CC)CCC1CCC(C)O1. The molecule has 1 aliphatic heterocycles. The molecule has 14 heavy (non-hydrogen) atoms. The standard InChI is InChI=1S/C12H25NO/c1-4-11(13-5-2)7-9-12-8-6-10(3)14-12/h10-13H,4-9H2,1-3H3. The van der Waals surface area contributed by atoms with Crippen LogP contribution in [-0.2, 0) is 4.74 Å². The van der Waals surface area contributed by atoms with Crippen LogP contribution in [0.1, 0.15) is 52.9 Å². The summed E-state index contributed by atoms with van der Waals surface area (Å²) in [6, 6.07) is 0.694. The van der Waals surface area contributed by atoms with E-state index in [0.29, 0.717) is 18.2 Å². The fraction of sp³-hybridized carbons (Fsp3) is 1.00. The predicted octanol–water partition coefficient (Wildman–Crippen LogP) is 2.72. The largest absolute Gasteiger partial charge is 0.375 e. The summed E-state index contributed by atoms with van der Waals surface area (Å²) in [4.78, 5) is 0. The van der Waals surface area contributed by atoms with E-state index >= 15 is 0 Å². The summed E-state index contributed by atoms with van der Waals surface area (Å²) >= 11 is 0. The number of rotatable bonds is 6. The number of ether oxygens (including phenoxy) is 1. The average molecular weight is 199 g/mol. The Morgan fingerprint density at radius 1 is 1.36 bits per heavy atom. The molecule has 1 aliphatic rings. The Morgan fingerprint density at radius 3 is 2.64 bits per heavy atom. The highest BCUT2D eigenvalue weighted by Gasteiger charge is 2.21. The van der Waals surface area contributed by atoms with Crippen molar-refractivity contribution in [1.29, 1.82) is 0 Å². The monoisotopic (exact) mass is 199 g/mol. The van der Waals surface area contributed by atoms with Gasteiger partial charge in [0, 0.05) is 6.04 Å². The Morgan fingerprint density at radius 2 is 2.14 bits per heavy atom. The summed E-state index contributed by atoms with van der Waals surface area (Å²) in [5.41, 5.74) is 0. The minimum atomic E-state index is 0.499. The van der Waals surface area contributed by atoms with E-state index in [4.69, 9.17) is 4.74 Å². The topological polar surface area (TPSA) is 21.3 Å². The van der Waals surface area contributed by atoms with Crippen molar-refractivity contribution < 1.29 is 4.74 Å². The molecule has 0 saturated carbocycles. The molecule has 2 heteroatoms. The molecule has 1 saturated heterocycles. The first-order valence-electron chi connectivity index (χ1n) is 6.15. The van der Waals surface area contributed by atoms with Gasteiger partial charge in [0.1, 0.15) is 0 Å². The molecule has 0 radical (unpaired) electrons. The van der Waals surface area contributed by atoms with Crippen LogP contribution in [0.3, 0.4) is 0 Å². The highest BCUT2D eigenvalue weighted by atomic mass is 16.5. The zero-order valence-electron chi connectivity index (χ0n) is 9.88. The van der Waals surface area contributed by atoms with E-state index in [-0.39, 0.29) is 0 Å². The summed E-state index contributed by atoms with van der Waals surface area (Å²) in [7, 11) is 0. The van der Waals surface area contributed by atoms with Gasteiger partial charge in [-0.1, -0.05) is 13.8 Å². The summed E-state index contributed by atoms with van der Waals surface area (Å²) in [6.45, 7) is 7.70. The third-order valence-electron chi connectivity index (χ3n) is 3.14. The third kappa shape index (κ3) is 3.97. The van der Waals surface area contributed by atoms with Gasteiger partial charge < -0.3 is 10.1 Å². The molecule has 0 aromatic heterocycles. The van der Waals surface area contributed by atoms with Crippen LogP contribution in [0.5, 0.6) is 0 Å². The van der Waals surface area contributed by atoms with Crippen LogP contribution in [0.25, 0.3) is 0 Å². The second-order valence-electron chi connectivity index (χ2n) is 4.39. The molecule has 1 rings (SSSR count). The number of nitrogens with one attached hydrogen (secondary N) is 1. The number of hydrogen-bond donors (Lipinski definition) is 1. The molecular formula is C12H25NO. The Labute approximate surface area is 88.4 Å². The van der Waals surface area contributed by atoms with Crippen molar-refractivity contribution in [2.75, 3.05) is 6.54 Å². The van der Waals surface area contributed by atoms with Crippen LogP contribution in [0.4, 0.5) is 0 Å². The van der Waals surface area contributed by atoms with Crippen LogP contribution in [0.15, 0.2) is 0 Å². The molecule has 1 fully saturated rings. The van der Waals surface area contributed by atoms with E-state index in [1.54, 1.807) is 0 Å². The van der Waals surface area contributed by atoms with Crippen LogP contribution in [0, 0.1) is 0 Å². The minimum absolute atomic E-state index is 0.499. The quantitative estimate of drug-likeness (QED) is 0.710. The van der Waals surface area contributed by atoms with Gasteiger partial charge in [0.05, 0.1) is 12.2 Å². The second-order valence-corrected chi connectivity index (χ2v) is 4.39. The maximum Gasteiger partial charge on any atom is 0.0580 e. The normalized spacial score (nSPS) is 29.4. The maximum atomic E-state index is 5.81. The van der Waals surface area contributed by atoms with Gasteiger partial charge in [0.25, 0.3) is 0 Å². The number of hydrogen-bond acceptors (Lipinski definition) is 2. The van der Waals surface area contributed by atoms with Gasteiger partial charge in [-0.2, -0.15) is 0 Å². The summed E-state index contributed by atoms with van der Waals surface area (Å²) in [5, 5.41) is 3.51. The highest BCUT2D eigenvalue weighted by molar-refractivity contribution is 4.73. The van der Waals surface area contributed by atoms with E-state index in [1.165, 1.54) is 32.1 Å². The van der Waals surface area contributed by atoms with Crippen LogP contribution < -0.4 is 5.32 Å². The van der Waals surface area contributed by atoms with Crippen molar-refractivity contribution in [2.24, 2.45) is 0 Å². The molecule has 1 heterocycles. The molecule has 0 amide bonds. The van der Waals surface area contributed by atoms with Gasteiger partial charge in [-0.3, -0.25) is 0 Å². The molecule has 3 unspecified atom stereocenters. The summed E-state index contributed by atoms with van der Waals surface area (Å²) < 4.78 is 5.81. The van der Waals surface area contributed by atoms with E-state index < -0.39 is 0 Å². The van der Waals surface area contributed by atoms with Crippen molar-refractivity contribution in [3.63, 3.8) is 0 Å². The molecule has 0 aliphatic carbocycles. The zero-order chi connectivity index (χ0) is 10.4. The highest BCUT2D eigenvalue weighted by Crippen LogP contribution is 2.23. The van der Waals surface area contributed by atoms with E-state index in [1.807, 2.05) is 0 Å². The van der Waals surface area contributed by atoms with Crippen molar-refractivity contribution in [1.82, 2.24) is 5.32 Å². The lowest BCUT2D eigenvalue weighted by molar-refractivity contribution is 0.0480. The van der Waals surface area contributed by atoms with Gasteiger partial charge >= 0.3 is 0 Å². The van der Waals surface area contributed by atoms with Gasteiger partial charge in [-0.15, -0.1) is 0 Å². The Bertz CT molecular complexity index is 145.